The van der Waals surface area contributed by atoms with Crippen molar-refractivity contribution in [1.82, 2.24) is 9.88 Å². The number of nitro groups is 1. The smallest absolute Gasteiger partial charge is 0.269 e. The molecular formula is C15H11N3O4. The molecule has 0 atom stereocenters. The molecule has 0 saturated heterocycles. The summed E-state index contributed by atoms with van der Waals surface area (Å²) in [6, 6.07) is 7.25. The molecule has 3 rings (SSSR count). The van der Waals surface area contributed by atoms with E-state index in [1.54, 1.807) is 12.3 Å². The number of aromatic nitrogens is 1. The predicted molar refractivity (Wildman–Crippen MR) is 76.3 cm³/mol. The lowest BCUT2D eigenvalue weighted by molar-refractivity contribution is -0.384. The van der Waals surface area contributed by atoms with E-state index >= 15 is 0 Å². The van der Waals surface area contributed by atoms with Gasteiger partial charge in [-0.15, -0.1) is 0 Å². The van der Waals surface area contributed by atoms with Crippen molar-refractivity contribution in [3.05, 3.63) is 69.0 Å². The van der Waals surface area contributed by atoms with Crippen LogP contribution in [0.2, 0.25) is 0 Å². The van der Waals surface area contributed by atoms with Crippen molar-refractivity contribution in [2.45, 2.75) is 13.5 Å². The quantitative estimate of drug-likeness (QED) is 0.491. The first-order valence-electron chi connectivity index (χ1n) is 6.53. The number of fused-ring (bicyclic) bond motifs is 1. The van der Waals surface area contributed by atoms with Crippen LogP contribution in [0.5, 0.6) is 0 Å². The molecule has 0 saturated carbocycles. The third-order valence-electron chi connectivity index (χ3n) is 3.46. The van der Waals surface area contributed by atoms with Crippen LogP contribution in [0, 0.1) is 17.0 Å². The van der Waals surface area contributed by atoms with E-state index in [-0.39, 0.29) is 23.4 Å². The highest BCUT2D eigenvalue weighted by atomic mass is 16.6. The summed E-state index contributed by atoms with van der Waals surface area (Å²) in [5.41, 5.74) is 1.58. The van der Waals surface area contributed by atoms with Crippen molar-refractivity contribution >= 4 is 17.5 Å². The summed E-state index contributed by atoms with van der Waals surface area (Å²) < 4.78 is 0. The van der Waals surface area contributed by atoms with E-state index in [0.29, 0.717) is 5.69 Å². The maximum Gasteiger partial charge on any atom is 0.270 e. The molecular weight excluding hydrogens is 286 g/mol. The zero-order valence-corrected chi connectivity index (χ0v) is 11.6. The van der Waals surface area contributed by atoms with Gasteiger partial charge < -0.3 is 0 Å². The molecule has 2 aromatic rings. The number of carbonyl (C=O) groups excluding carboxylic acids is 2. The molecule has 2 heterocycles. The minimum atomic E-state index is -0.595. The van der Waals surface area contributed by atoms with Crippen molar-refractivity contribution < 1.29 is 14.5 Å². The van der Waals surface area contributed by atoms with Crippen LogP contribution >= 0.6 is 0 Å². The Labute approximate surface area is 125 Å². The fourth-order valence-electron chi connectivity index (χ4n) is 2.29. The highest BCUT2D eigenvalue weighted by Crippen LogP contribution is 2.27. The van der Waals surface area contributed by atoms with Crippen LogP contribution in [0.4, 0.5) is 5.69 Å². The van der Waals surface area contributed by atoms with Gasteiger partial charge in [-0.25, -0.2) is 0 Å². The van der Waals surface area contributed by atoms with Crippen molar-refractivity contribution in [1.29, 1.82) is 0 Å². The highest BCUT2D eigenvalue weighted by molar-refractivity contribution is 6.21. The largest absolute Gasteiger partial charge is 0.270 e. The molecule has 7 heteroatoms. The Morgan fingerprint density at radius 3 is 2.50 bits per heavy atom. The molecule has 0 aliphatic carbocycles. The second-order valence-corrected chi connectivity index (χ2v) is 5.01. The Balaban J connectivity index is 1.92. The third kappa shape index (κ3) is 2.22. The molecule has 1 aromatic carbocycles. The first-order valence-corrected chi connectivity index (χ1v) is 6.53. The molecule has 0 fully saturated rings. The van der Waals surface area contributed by atoms with Gasteiger partial charge in [0, 0.05) is 18.3 Å². The zero-order chi connectivity index (χ0) is 15.9. The Hall–Kier alpha value is -3.09. The van der Waals surface area contributed by atoms with Gasteiger partial charge in [0.25, 0.3) is 17.5 Å². The molecule has 1 aromatic heterocycles. The summed E-state index contributed by atoms with van der Waals surface area (Å²) in [5, 5.41) is 10.8. The van der Waals surface area contributed by atoms with E-state index in [1.807, 2.05) is 13.0 Å². The first-order chi connectivity index (χ1) is 10.5. The summed E-state index contributed by atoms with van der Waals surface area (Å²) in [5.74, 6) is -0.997. The van der Waals surface area contributed by atoms with E-state index in [0.717, 1.165) is 16.5 Å². The molecule has 110 valence electrons. The Morgan fingerprint density at radius 1 is 1.14 bits per heavy atom. The Morgan fingerprint density at radius 2 is 1.86 bits per heavy atom. The van der Waals surface area contributed by atoms with Crippen molar-refractivity contribution in [2.24, 2.45) is 0 Å². The van der Waals surface area contributed by atoms with E-state index < -0.39 is 16.7 Å². The topological polar surface area (TPSA) is 93.4 Å². The van der Waals surface area contributed by atoms with Crippen LogP contribution in [-0.2, 0) is 6.54 Å². The average molecular weight is 297 g/mol. The van der Waals surface area contributed by atoms with Gasteiger partial charge in [0.1, 0.15) is 0 Å². The van der Waals surface area contributed by atoms with E-state index in [2.05, 4.69) is 4.98 Å². The second kappa shape index (κ2) is 5.03. The summed E-state index contributed by atoms with van der Waals surface area (Å²) >= 11 is 0. The number of rotatable bonds is 3. The van der Waals surface area contributed by atoms with Crippen LogP contribution in [0.25, 0.3) is 0 Å². The van der Waals surface area contributed by atoms with Crippen LogP contribution in [0.1, 0.15) is 32.0 Å². The average Bonchev–Trinajstić information content (AvgIpc) is 2.74. The monoisotopic (exact) mass is 297 g/mol. The van der Waals surface area contributed by atoms with Crippen molar-refractivity contribution in [3.63, 3.8) is 0 Å². The molecule has 7 nitrogen and oxygen atoms in total. The van der Waals surface area contributed by atoms with Crippen LogP contribution in [-0.4, -0.2) is 26.6 Å². The SMILES string of the molecule is Cc1ccc(CN2C(=O)c3ccc([N+](=O)[O-])cc3C2=O)nc1. The number of amides is 2. The fraction of sp³-hybridized carbons (Fsp3) is 0.133. The lowest BCUT2D eigenvalue weighted by Gasteiger charge is -2.13. The minimum absolute atomic E-state index is 0.0421. The van der Waals surface area contributed by atoms with E-state index in [4.69, 9.17) is 0 Å². The third-order valence-corrected chi connectivity index (χ3v) is 3.46. The van der Waals surface area contributed by atoms with Crippen LogP contribution in [0.15, 0.2) is 36.5 Å². The van der Waals surface area contributed by atoms with Gasteiger partial charge in [0.15, 0.2) is 0 Å². The molecule has 22 heavy (non-hydrogen) atoms. The van der Waals surface area contributed by atoms with Gasteiger partial charge in [-0.1, -0.05) is 6.07 Å². The van der Waals surface area contributed by atoms with Gasteiger partial charge in [-0.2, -0.15) is 0 Å². The second-order valence-electron chi connectivity index (χ2n) is 5.01. The van der Waals surface area contributed by atoms with Gasteiger partial charge >= 0.3 is 0 Å². The number of pyridine rings is 1. The summed E-state index contributed by atoms with van der Waals surface area (Å²) in [6.45, 7) is 1.93. The lowest BCUT2D eigenvalue weighted by atomic mass is 10.1. The molecule has 1 aliphatic rings. The molecule has 0 radical (unpaired) electrons. The fourth-order valence-corrected chi connectivity index (χ4v) is 2.29. The number of imide groups is 1. The first kappa shape index (κ1) is 13.9. The molecule has 1 aliphatic heterocycles. The highest BCUT2D eigenvalue weighted by Gasteiger charge is 2.36. The zero-order valence-electron chi connectivity index (χ0n) is 11.6. The normalized spacial score (nSPS) is 13.4. The lowest BCUT2D eigenvalue weighted by Crippen LogP contribution is -2.29. The number of carbonyl (C=O) groups is 2. The number of hydrogen-bond acceptors (Lipinski definition) is 5. The minimum Gasteiger partial charge on any atom is -0.269 e. The van der Waals surface area contributed by atoms with Gasteiger partial charge in [-0.3, -0.25) is 29.6 Å². The van der Waals surface area contributed by atoms with Crippen LogP contribution < -0.4 is 0 Å². The van der Waals surface area contributed by atoms with E-state index in [1.165, 1.54) is 12.1 Å². The molecule has 2 amide bonds. The summed E-state index contributed by atoms with van der Waals surface area (Å²) in [4.78, 5) is 40.0. The van der Waals surface area contributed by atoms with Gasteiger partial charge in [-0.05, 0) is 24.6 Å². The summed E-state index contributed by atoms with van der Waals surface area (Å²) in [6.07, 6.45) is 1.65. The number of hydrogen-bond donors (Lipinski definition) is 0. The number of nitrogens with zero attached hydrogens (tertiary/aromatic N) is 3. The van der Waals surface area contributed by atoms with Crippen molar-refractivity contribution in [2.75, 3.05) is 0 Å². The summed E-state index contributed by atoms with van der Waals surface area (Å²) in [7, 11) is 0. The Bertz CT molecular complexity index is 799. The number of non-ortho nitro benzene ring substituents is 1. The van der Waals surface area contributed by atoms with Gasteiger partial charge in [0.2, 0.25) is 0 Å². The number of aryl methyl sites for hydroxylation is 1. The van der Waals surface area contributed by atoms with Gasteiger partial charge in [0.05, 0.1) is 28.3 Å². The Kier molecular flexibility index (Phi) is 3.17. The maximum absolute atomic E-state index is 12.3. The number of benzene rings is 1. The molecule has 0 unspecified atom stereocenters. The number of nitro benzene ring substituents is 1. The maximum atomic E-state index is 12.3. The molecule has 0 spiro atoms. The predicted octanol–water partition coefficient (Wildman–Crippen LogP) is 2.09. The molecule has 0 N–H and O–H groups in total. The van der Waals surface area contributed by atoms with Crippen LogP contribution in [0.3, 0.4) is 0 Å². The standard InChI is InChI=1S/C15H11N3O4/c1-9-2-3-10(16-7-9)8-17-14(19)12-5-4-11(18(21)22)6-13(12)15(17)20/h2-7H,8H2,1H3. The van der Waals surface area contributed by atoms with E-state index in [9.17, 15) is 19.7 Å². The van der Waals surface area contributed by atoms with Crippen molar-refractivity contribution in [3.8, 4) is 0 Å². The molecule has 0 bridgehead atoms.